The van der Waals surface area contributed by atoms with E-state index >= 15 is 0 Å². The van der Waals surface area contributed by atoms with Gasteiger partial charge in [-0.05, 0) is 103 Å². The minimum Gasteiger partial charge on any atom is -0.303 e. The summed E-state index contributed by atoms with van der Waals surface area (Å²) >= 11 is 0. The van der Waals surface area contributed by atoms with E-state index in [1.165, 1.54) is 62.1 Å². The van der Waals surface area contributed by atoms with Gasteiger partial charge in [0.05, 0.1) is 18.3 Å². The van der Waals surface area contributed by atoms with Crippen LogP contribution in [0.1, 0.15) is 83.0 Å². The Morgan fingerprint density at radius 1 is 1.10 bits per heavy atom. The van der Waals surface area contributed by atoms with Crippen molar-refractivity contribution in [3.8, 4) is 12.3 Å². The Morgan fingerprint density at radius 3 is 2.48 bits per heavy atom. The fourth-order valence-corrected chi connectivity index (χ4v) is 4.33. The third-order valence-electron chi connectivity index (χ3n) is 6.19. The Morgan fingerprint density at radius 2 is 1.85 bits per heavy atom. The maximum Gasteiger partial charge on any atom is 0.136 e. The van der Waals surface area contributed by atoms with Crippen LogP contribution in [0.2, 0.25) is 0 Å². The highest BCUT2D eigenvalue weighted by Gasteiger charge is 2.10. The average molecular weight is 545 g/mol. The van der Waals surface area contributed by atoms with Crippen LogP contribution < -0.4 is 0 Å². The number of allylic oxidation sites excluding steroid dienone is 2. The zero-order valence-corrected chi connectivity index (χ0v) is 25.9. The largest absolute Gasteiger partial charge is 0.303 e. The highest BCUT2D eigenvalue weighted by Crippen LogP contribution is 2.12. The van der Waals surface area contributed by atoms with E-state index in [0.717, 1.165) is 31.3 Å². The molecule has 0 saturated carbocycles. The van der Waals surface area contributed by atoms with Crippen molar-refractivity contribution in [2.75, 3.05) is 26.7 Å². The molecule has 0 atom stereocenters. The second-order valence-corrected chi connectivity index (χ2v) is 9.85. The number of rotatable bonds is 10. The van der Waals surface area contributed by atoms with Gasteiger partial charge in [-0.2, -0.15) is 10.2 Å². The molecule has 1 aliphatic heterocycles. The second-order valence-electron chi connectivity index (χ2n) is 9.85. The third kappa shape index (κ3) is 15.2. The highest BCUT2D eigenvalue weighted by atomic mass is 15.4. The molecule has 3 aromatic rings. The molecule has 6 nitrogen and oxygen atoms in total. The number of aromatic nitrogens is 3. The van der Waals surface area contributed by atoms with Gasteiger partial charge < -0.3 is 4.90 Å². The molecule has 218 valence electrons. The standard InChI is InChI=1S/C14H20N4.C12H18N2.C5H10.C3H4/c1(2-8-17-9-3-4-10-17)5-13-6-7-14-11-15-12-16-18(13)14;1-4-8-13-14(3)10-12-7-5-6-11(2)9-12;1-3-5-4-2;1-3-2/h6-7,11-12H,1-5,8-10H2;5-9H,4,10H2,1-3H3;3,5H,4H2,1-2H3;1H,2H3/b;13-8-;5-3-;. The van der Waals surface area contributed by atoms with Crippen LogP contribution in [0.4, 0.5) is 0 Å². The summed E-state index contributed by atoms with van der Waals surface area (Å²) in [5.74, 6) is 2.25. The molecule has 0 bridgehead atoms. The molecule has 2 aromatic heterocycles. The van der Waals surface area contributed by atoms with Gasteiger partial charge >= 0.3 is 0 Å². The molecule has 0 spiro atoms. The van der Waals surface area contributed by atoms with Crippen molar-refractivity contribution in [3.05, 3.63) is 77.9 Å². The van der Waals surface area contributed by atoms with E-state index in [9.17, 15) is 0 Å². The van der Waals surface area contributed by atoms with Gasteiger partial charge in [-0.25, -0.2) is 9.50 Å². The highest BCUT2D eigenvalue weighted by molar-refractivity contribution is 5.56. The van der Waals surface area contributed by atoms with Gasteiger partial charge in [0.2, 0.25) is 0 Å². The van der Waals surface area contributed by atoms with Crippen molar-refractivity contribution in [2.24, 2.45) is 5.10 Å². The lowest BCUT2D eigenvalue weighted by Crippen LogP contribution is -2.20. The molecule has 1 fully saturated rings. The Bertz CT molecular complexity index is 1130. The first kappa shape index (κ1) is 34.6. The molecule has 0 N–H and O–H groups in total. The van der Waals surface area contributed by atoms with Gasteiger partial charge in [0, 0.05) is 19.0 Å². The van der Waals surface area contributed by atoms with E-state index in [1.54, 1.807) is 13.3 Å². The van der Waals surface area contributed by atoms with Crippen LogP contribution in [-0.4, -0.2) is 57.4 Å². The first-order valence-electron chi connectivity index (χ1n) is 14.8. The molecule has 40 heavy (non-hydrogen) atoms. The summed E-state index contributed by atoms with van der Waals surface area (Å²) in [5.41, 5.74) is 5.00. The molecular weight excluding hydrogens is 492 g/mol. The van der Waals surface area contributed by atoms with E-state index in [4.69, 9.17) is 0 Å². The third-order valence-corrected chi connectivity index (χ3v) is 6.19. The Kier molecular flexibility index (Phi) is 19.4. The number of hydrogen-bond donors (Lipinski definition) is 0. The summed E-state index contributed by atoms with van der Waals surface area (Å²) in [4.78, 5) is 6.62. The van der Waals surface area contributed by atoms with Crippen LogP contribution in [0.5, 0.6) is 0 Å². The smallest absolute Gasteiger partial charge is 0.136 e. The van der Waals surface area contributed by atoms with Crippen LogP contribution >= 0.6 is 0 Å². The van der Waals surface area contributed by atoms with Gasteiger partial charge in [-0.15, -0.1) is 12.3 Å². The maximum absolute atomic E-state index is 4.60. The number of terminal acetylenes is 1. The summed E-state index contributed by atoms with van der Waals surface area (Å²) in [5, 5.41) is 10.5. The van der Waals surface area contributed by atoms with Crippen molar-refractivity contribution in [3.63, 3.8) is 0 Å². The van der Waals surface area contributed by atoms with Crippen LogP contribution in [0, 0.1) is 19.3 Å². The zero-order valence-electron chi connectivity index (χ0n) is 25.9. The topological polar surface area (TPSA) is 49.0 Å². The van der Waals surface area contributed by atoms with Crippen LogP contribution in [0.3, 0.4) is 0 Å². The molecule has 1 saturated heterocycles. The van der Waals surface area contributed by atoms with E-state index in [-0.39, 0.29) is 0 Å². The fourth-order valence-electron chi connectivity index (χ4n) is 4.33. The number of fused-ring (bicyclic) bond motifs is 1. The molecule has 0 unspecified atom stereocenters. The van der Waals surface area contributed by atoms with Gasteiger partial charge in [0.15, 0.2) is 0 Å². The number of hydrazone groups is 1. The van der Waals surface area contributed by atoms with Gasteiger partial charge in [-0.3, -0.25) is 5.01 Å². The van der Waals surface area contributed by atoms with Crippen molar-refractivity contribution in [1.29, 1.82) is 0 Å². The molecular formula is C34H52N6. The van der Waals surface area contributed by atoms with Crippen molar-refractivity contribution in [2.45, 2.75) is 86.1 Å². The van der Waals surface area contributed by atoms with Crippen molar-refractivity contribution < 1.29 is 0 Å². The minimum absolute atomic E-state index is 0.873. The molecule has 3 heterocycles. The molecule has 0 amide bonds. The number of aryl methyl sites for hydroxylation is 2. The summed E-state index contributed by atoms with van der Waals surface area (Å²) in [6.07, 6.45) is 22.7. The molecule has 1 aromatic carbocycles. The normalized spacial score (nSPS) is 12.7. The number of hydrogen-bond acceptors (Lipinski definition) is 5. The molecule has 6 heteroatoms. The van der Waals surface area contributed by atoms with E-state index in [2.05, 4.69) is 102 Å². The molecule has 4 rings (SSSR count). The Hall–Kier alpha value is -3.43. The number of benzene rings is 1. The molecule has 0 radical (unpaired) electrons. The predicted molar refractivity (Wildman–Crippen MR) is 173 cm³/mol. The Balaban J connectivity index is 0.000000323. The van der Waals surface area contributed by atoms with E-state index in [1.807, 2.05) is 35.9 Å². The zero-order chi connectivity index (χ0) is 29.4. The predicted octanol–water partition coefficient (Wildman–Crippen LogP) is 7.58. The van der Waals surface area contributed by atoms with Crippen LogP contribution in [-0.2, 0) is 13.0 Å². The van der Waals surface area contributed by atoms with E-state index in [0.29, 0.717) is 0 Å². The summed E-state index contributed by atoms with van der Waals surface area (Å²) in [6.45, 7) is 14.8. The minimum atomic E-state index is 0.873. The maximum atomic E-state index is 4.60. The summed E-state index contributed by atoms with van der Waals surface area (Å²) < 4.78 is 2.00. The SMILES string of the molecule is C#CC.C/C=C\CC.CC/C=N\N(C)Cc1cccc(C)c1.c1ncc2ccc(CCCCN3CCCC3)n2n1. The van der Waals surface area contributed by atoms with Gasteiger partial charge in [0.1, 0.15) is 6.33 Å². The van der Waals surface area contributed by atoms with Gasteiger partial charge in [-0.1, -0.05) is 55.8 Å². The monoisotopic (exact) mass is 544 g/mol. The number of unbranched alkanes of at least 4 members (excludes halogenated alkanes) is 1. The van der Waals surface area contributed by atoms with Crippen molar-refractivity contribution in [1.82, 2.24) is 24.5 Å². The lowest BCUT2D eigenvalue weighted by molar-refractivity contribution is 0.330. The lowest BCUT2D eigenvalue weighted by atomic mass is 10.1. The molecule has 1 aliphatic rings. The number of likely N-dealkylation sites (tertiary alicyclic amines) is 1. The van der Waals surface area contributed by atoms with Gasteiger partial charge in [0.25, 0.3) is 0 Å². The quantitative estimate of drug-likeness (QED) is 0.0868. The average Bonchev–Trinajstić information content (AvgIpc) is 3.62. The fraction of sp³-hybridized carbons (Fsp3) is 0.500. The Labute approximate surface area is 244 Å². The number of nitrogens with zero attached hydrogens (tertiary/aromatic N) is 6. The first-order valence-corrected chi connectivity index (χ1v) is 14.8. The first-order chi connectivity index (χ1) is 19.5. The molecule has 0 aliphatic carbocycles. The second kappa shape index (κ2) is 22.4. The summed E-state index contributed by atoms with van der Waals surface area (Å²) in [6, 6.07) is 12.8. The van der Waals surface area contributed by atoms with Crippen LogP contribution in [0.15, 0.2) is 66.2 Å². The summed E-state index contributed by atoms with van der Waals surface area (Å²) in [7, 11) is 1.99. The lowest BCUT2D eigenvalue weighted by Gasteiger charge is -2.13. The van der Waals surface area contributed by atoms with E-state index < -0.39 is 0 Å². The van der Waals surface area contributed by atoms with Crippen LogP contribution in [0.25, 0.3) is 5.52 Å². The van der Waals surface area contributed by atoms with Crippen molar-refractivity contribution >= 4 is 11.7 Å².